The van der Waals surface area contributed by atoms with Gasteiger partial charge in [-0.05, 0) is 36.4 Å². The Morgan fingerprint density at radius 3 is 2.45 bits per heavy atom. The summed E-state index contributed by atoms with van der Waals surface area (Å²) < 4.78 is 6.50. The van der Waals surface area contributed by atoms with Gasteiger partial charge in [-0.15, -0.1) is 0 Å². The van der Waals surface area contributed by atoms with Crippen molar-refractivity contribution < 1.29 is 14.5 Å². The molecular weight excluding hydrogens is 376 g/mol. The van der Waals surface area contributed by atoms with Crippen molar-refractivity contribution in [2.24, 2.45) is 0 Å². The Balaban J connectivity index is 1.59. The Labute approximate surface area is 165 Å². The second-order valence-corrected chi connectivity index (χ2v) is 6.09. The van der Waals surface area contributed by atoms with Crippen LogP contribution in [-0.2, 0) is 6.54 Å². The number of hydrogen-bond donors (Lipinski definition) is 1. The van der Waals surface area contributed by atoms with Crippen molar-refractivity contribution in [1.29, 1.82) is 0 Å². The lowest BCUT2D eigenvalue weighted by molar-refractivity contribution is -0.384. The van der Waals surface area contributed by atoms with Crippen molar-refractivity contribution in [3.05, 3.63) is 87.0 Å². The number of carbonyl (C=O) groups is 1. The molecule has 0 aliphatic carbocycles. The predicted octanol–water partition coefficient (Wildman–Crippen LogP) is 2.26. The number of amides is 1. The van der Waals surface area contributed by atoms with E-state index in [1.807, 2.05) is 12.1 Å². The molecule has 0 saturated heterocycles. The van der Waals surface area contributed by atoms with Gasteiger partial charge in [-0.3, -0.25) is 24.3 Å². The summed E-state index contributed by atoms with van der Waals surface area (Å²) in [6, 6.07) is 13.9. The summed E-state index contributed by atoms with van der Waals surface area (Å²) in [6.45, 7) is 0.451. The van der Waals surface area contributed by atoms with E-state index < -0.39 is 4.92 Å². The maximum Gasteiger partial charge on any atom is 0.269 e. The van der Waals surface area contributed by atoms with Crippen LogP contribution in [-0.4, -0.2) is 34.0 Å². The van der Waals surface area contributed by atoms with Gasteiger partial charge in [0.05, 0.1) is 24.1 Å². The number of ether oxygens (including phenoxy) is 1. The van der Waals surface area contributed by atoms with Crippen molar-refractivity contribution in [2.75, 3.05) is 13.7 Å². The number of nitro groups is 1. The number of nitrogens with zero attached hydrogens (tertiary/aromatic N) is 3. The van der Waals surface area contributed by atoms with Crippen LogP contribution in [0.3, 0.4) is 0 Å². The SMILES string of the molecule is COc1ccc(-c2cc(=O)n(CCNC(=O)c3ccc([N+](=O)[O-])cc3)cn2)cc1. The Hall–Kier alpha value is -4.01. The molecular formula is C20H18N4O5. The minimum atomic E-state index is -0.531. The fourth-order valence-electron chi connectivity index (χ4n) is 2.64. The average Bonchev–Trinajstić information content (AvgIpc) is 2.75. The van der Waals surface area contributed by atoms with Crippen LogP contribution in [0.25, 0.3) is 11.3 Å². The minimum absolute atomic E-state index is 0.0869. The fraction of sp³-hybridized carbons (Fsp3) is 0.150. The molecule has 3 rings (SSSR count). The molecule has 0 fully saturated rings. The largest absolute Gasteiger partial charge is 0.497 e. The Morgan fingerprint density at radius 2 is 1.86 bits per heavy atom. The maximum absolute atomic E-state index is 12.3. The van der Waals surface area contributed by atoms with Crippen LogP contribution in [0.1, 0.15) is 10.4 Å². The fourth-order valence-corrected chi connectivity index (χ4v) is 2.64. The quantitative estimate of drug-likeness (QED) is 0.485. The first-order valence-corrected chi connectivity index (χ1v) is 8.71. The second kappa shape index (κ2) is 8.79. The second-order valence-electron chi connectivity index (χ2n) is 6.09. The van der Waals surface area contributed by atoms with Crippen LogP contribution in [0.15, 0.2) is 65.7 Å². The summed E-state index contributed by atoms with van der Waals surface area (Å²) in [5, 5.41) is 13.3. The molecule has 0 atom stereocenters. The van der Waals surface area contributed by atoms with E-state index in [2.05, 4.69) is 10.3 Å². The van der Waals surface area contributed by atoms with E-state index >= 15 is 0 Å². The van der Waals surface area contributed by atoms with Crippen LogP contribution >= 0.6 is 0 Å². The molecule has 0 unspecified atom stereocenters. The van der Waals surface area contributed by atoms with Crippen LogP contribution in [0, 0.1) is 10.1 Å². The maximum atomic E-state index is 12.3. The Morgan fingerprint density at radius 1 is 1.17 bits per heavy atom. The van der Waals surface area contributed by atoms with Gasteiger partial charge in [-0.25, -0.2) is 4.98 Å². The number of nitro benzene ring substituents is 1. The van der Waals surface area contributed by atoms with Crippen molar-refractivity contribution in [1.82, 2.24) is 14.9 Å². The predicted molar refractivity (Wildman–Crippen MR) is 106 cm³/mol. The van der Waals surface area contributed by atoms with E-state index in [-0.39, 0.29) is 30.2 Å². The highest BCUT2D eigenvalue weighted by Gasteiger charge is 2.09. The van der Waals surface area contributed by atoms with Gasteiger partial charge in [-0.1, -0.05) is 0 Å². The molecule has 1 aromatic heterocycles. The smallest absolute Gasteiger partial charge is 0.269 e. The van der Waals surface area contributed by atoms with E-state index in [0.29, 0.717) is 17.0 Å². The molecule has 2 aromatic carbocycles. The molecule has 0 radical (unpaired) electrons. The lowest BCUT2D eigenvalue weighted by atomic mass is 10.1. The number of benzene rings is 2. The first kappa shape index (κ1) is 19.7. The number of aromatic nitrogens is 2. The average molecular weight is 394 g/mol. The van der Waals surface area contributed by atoms with Gasteiger partial charge in [0.25, 0.3) is 17.2 Å². The number of nitrogens with one attached hydrogen (secondary N) is 1. The molecule has 0 aliphatic rings. The normalized spacial score (nSPS) is 10.4. The lowest BCUT2D eigenvalue weighted by Crippen LogP contribution is -2.30. The first-order chi connectivity index (χ1) is 14.0. The van der Waals surface area contributed by atoms with Gasteiger partial charge in [0.2, 0.25) is 0 Å². The molecule has 0 saturated carbocycles. The van der Waals surface area contributed by atoms with Crippen molar-refractivity contribution in [3.8, 4) is 17.0 Å². The highest BCUT2D eigenvalue weighted by Crippen LogP contribution is 2.19. The highest BCUT2D eigenvalue weighted by molar-refractivity contribution is 5.94. The van der Waals surface area contributed by atoms with E-state index in [0.717, 1.165) is 5.56 Å². The summed E-state index contributed by atoms with van der Waals surface area (Å²) in [4.78, 5) is 38.8. The van der Waals surface area contributed by atoms with E-state index in [1.165, 1.54) is 41.2 Å². The third-order valence-corrected chi connectivity index (χ3v) is 4.24. The zero-order valence-electron chi connectivity index (χ0n) is 15.6. The zero-order chi connectivity index (χ0) is 20.8. The van der Waals surface area contributed by atoms with Crippen molar-refractivity contribution >= 4 is 11.6 Å². The molecule has 3 aromatic rings. The van der Waals surface area contributed by atoms with Crippen LogP contribution < -0.4 is 15.6 Å². The molecule has 9 nitrogen and oxygen atoms in total. The number of non-ortho nitro benzene ring substituents is 1. The molecule has 0 bridgehead atoms. The molecule has 0 spiro atoms. The van der Waals surface area contributed by atoms with Crippen LogP contribution in [0.5, 0.6) is 5.75 Å². The van der Waals surface area contributed by atoms with Gasteiger partial charge in [0.1, 0.15) is 5.75 Å². The molecule has 9 heteroatoms. The van der Waals surface area contributed by atoms with Gasteiger partial charge < -0.3 is 10.1 Å². The standard InChI is InChI=1S/C20H18N4O5/c1-29-17-8-4-14(5-9-17)18-12-19(25)23(13-22-18)11-10-21-20(26)15-2-6-16(7-3-15)24(27)28/h2-9,12-13H,10-11H2,1H3,(H,21,26). The van der Waals surface area contributed by atoms with Crippen molar-refractivity contribution in [3.63, 3.8) is 0 Å². The van der Waals surface area contributed by atoms with Crippen LogP contribution in [0.2, 0.25) is 0 Å². The first-order valence-electron chi connectivity index (χ1n) is 8.71. The topological polar surface area (TPSA) is 116 Å². The molecule has 1 heterocycles. The molecule has 29 heavy (non-hydrogen) atoms. The molecule has 148 valence electrons. The minimum Gasteiger partial charge on any atom is -0.497 e. The summed E-state index contributed by atoms with van der Waals surface area (Å²) in [6.07, 6.45) is 1.43. The van der Waals surface area contributed by atoms with E-state index in [1.54, 1.807) is 19.2 Å². The molecule has 0 aliphatic heterocycles. The van der Waals surface area contributed by atoms with Gasteiger partial charge >= 0.3 is 0 Å². The van der Waals surface area contributed by atoms with E-state index in [4.69, 9.17) is 4.74 Å². The summed E-state index contributed by atoms with van der Waals surface area (Å²) in [5.74, 6) is 0.335. The van der Waals surface area contributed by atoms with Crippen molar-refractivity contribution in [2.45, 2.75) is 6.54 Å². The lowest BCUT2D eigenvalue weighted by Gasteiger charge is -2.08. The van der Waals surface area contributed by atoms with Gasteiger partial charge in [0, 0.05) is 42.4 Å². The van der Waals surface area contributed by atoms with Gasteiger partial charge in [0.15, 0.2) is 0 Å². The zero-order valence-corrected chi connectivity index (χ0v) is 15.6. The summed E-state index contributed by atoms with van der Waals surface area (Å²) in [7, 11) is 1.58. The molecule has 1 amide bonds. The summed E-state index contributed by atoms with van der Waals surface area (Å²) in [5.41, 5.74) is 1.31. The number of hydrogen-bond acceptors (Lipinski definition) is 6. The number of carbonyl (C=O) groups excluding carboxylic acids is 1. The van der Waals surface area contributed by atoms with E-state index in [9.17, 15) is 19.7 Å². The number of methoxy groups -OCH3 is 1. The van der Waals surface area contributed by atoms with Gasteiger partial charge in [-0.2, -0.15) is 0 Å². The third-order valence-electron chi connectivity index (χ3n) is 4.24. The highest BCUT2D eigenvalue weighted by atomic mass is 16.6. The Kier molecular flexibility index (Phi) is 5.98. The van der Waals surface area contributed by atoms with Crippen LogP contribution in [0.4, 0.5) is 5.69 Å². The summed E-state index contributed by atoms with van der Waals surface area (Å²) >= 11 is 0. The Bertz CT molecular complexity index is 1080. The number of rotatable bonds is 7. The third kappa shape index (κ3) is 4.83. The monoisotopic (exact) mass is 394 g/mol. The molecule has 1 N–H and O–H groups in total.